The highest BCUT2D eigenvalue weighted by molar-refractivity contribution is 7.10. The first-order valence-electron chi connectivity index (χ1n) is 12.9. The van der Waals surface area contributed by atoms with Gasteiger partial charge in [-0.15, -0.1) is 11.3 Å². The number of rotatable bonds is 7. The van der Waals surface area contributed by atoms with Crippen molar-refractivity contribution >= 4 is 22.9 Å². The van der Waals surface area contributed by atoms with E-state index >= 15 is 0 Å². The zero-order chi connectivity index (χ0) is 27.4. The summed E-state index contributed by atoms with van der Waals surface area (Å²) in [6.07, 6.45) is -3.27. The highest BCUT2D eigenvalue weighted by atomic mass is 32.1. The summed E-state index contributed by atoms with van der Waals surface area (Å²) < 4.78 is 38.1. The lowest BCUT2D eigenvalue weighted by atomic mass is 9.97. The minimum Gasteiger partial charge on any atom is -0.320 e. The highest BCUT2D eigenvalue weighted by Crippen LogP contribution is 2.32. The largest absolute Gasteiger partial charge is 0.393 e. The fourth-order valence-electron chi connectivity index (χ4n) is 4.90. The van der Waals surface area contributed by atoms with Crippen molar-refractivity contribution in [2.75, 3.05) is 18.4 Å². The van der Waals surface area contributed by atoms with Gasteiger partial charge in [0.15, 0.2) is 0 Å². The second kappa shape index (κ2) is 11.7. The molecule has 4 aromatic rings. The number of hydrogen-bond donors (Lipinski definition) is 1. The van der Waals surface area contributed by atoms with E-state index in [4.69, 9.17) is 0 Å². The molecule has 0 atom stereocenters. The Morgan fingerprint density at radius 2 is 1.74 bits per heavy atom. The Balaban J connectivity index is 1.21. The van der Waals surface area contributed by atoms with Gasteiger partial charge in [-0.05, 0) is 62.2 Å². The van der Waals surface area contributed by atoms with Crippen molar-refractivity contribution in [3.63, 3.8) is 0 Å². The Bertz CT molecular complexity index is 1430. The van der Waals surface area contributed by atoms with Crippen LogP contribution in [-0.4, -0.2) is 40.0 Å². The molecule has 3 heterocycles. The van der Waals surface area contributed by atoms with Gasteiger partial charge in [-0.3, -0.25) is 14.7 Å². The minimum absolute atomic E-state index is 0.195. The third kappa shape index (κ3) is 7.10. The van der Waals surface area contributed by atoms with Crippen LogP contribution in [0, 0.1) is 6.92 Å². The molecule has 0 spiro atoms. The van der Waals surface area contributed by atoms with E-state index in [2.05, 4.69) is 26.3 Å². The molecule has 1 amide bonds. The molecule has 2 aromatic carbocycles. The average molecular weight is 551 g/mol. The van der Waals surface area contributed by atoms with Crippen LogP contribution in [0.4, 0.5) is 18.9 Å². The van der Waals surface area contributed by atoms with Crippen LogP contribution in [0.2, 0.25) is 0 Å². The zero-order valence-corrected chi connectivity index (χ0v) is 22.4. The van der Waals surface area contributed by atoms with E-state index in [1.807, 2.05) is 37.3 Å². The Labute approximate surface area is 229 Å². The number of alkyl halides is 3. The van der Waals surface area contributed by atoms with Crippen LogP contribution in [0.1, 0.15) is 51.2 Å². The minimum atomic E-state index is -4.25. The average Bonchev–Trinajstić information content (AvgIpc) is 3.40. The van der Waals surface area contributed by atoms with Crippen LogP contribution in [0.3, 0.4) is 0 Å². The first kappa shape index (κ1) is 27.0. The van der Waals surface area contributed by atoms with E-state index in [-0.39, 0.29) is 11.5 Å². The van der Waals surface area contributed by atoms with Gasteiger partial charge in [0.1, 0.15) is 5.69 Å². The molecule has 1 N–H and O–H groups in total. The summed E-state index contributed by atoms with van der Waals surface area (Å²) >= 11 is 1.51. The van der Waals surface area contributed by atoms with Crippen molar-refractivity contribution in [1.82, 2.24) is 14.9 Å². The quantitative estimate of drug-likeness (QED) is 0.263. The molecule has 5 nitrogen and oxygen atoms in total. The van der Waals surface area contributed by atoms with Crippen LogP contribution in [0.15, 0.2) is 72.1 Å². The lowest BCUT2D eigenvalue weighted by Crippen LogP contribution is -2.32. The summed E-state index contributed by atoms with van der Waals surface area (Å²) in [5.74, 6) is 0.0161. The molecule has 0 saturated carbocycles. The van der Waals surface area contributed by atoms with Crippen LogP contribution < -0.4 is 5.32 Å². The molecule has 0 unspecified atom stereocenters. The first-order valence-corrected chi connectivity index (χ1v) is 13.8. The number of aromatic nitrogens is 2. The second-order valence-corrected chi connectivity index (χ2v) is 10.8. The molecular formula is C30H29F3N4OS. The Morgan fingerprint density at radius 1 is 1.00 bits per heavy atom. The van der Waals surface area contributed by atoms with Gasteiger partial charge < -0.3 is 5.32 Å². The Kier molecular flexibility index (Phi) is 8.09. The van der Waals surface area contributed by atoms with Crippen LogP contribution in [0.25, 0.3) is 11.1 Å². The number of nitrogens with one attached hydrogen (secondary N) is 1. The third-order valence-electron chi connectivity index (χ3n) is 6.87. The van der Waals surface area contributed by atoms with Gasteiger partial charge in [-0.1, -0.05) is 48.5 Å². The number of hydrogen-bond acceptors (Lipinski definition) is 5. The number of benzene rings is 2. The van der Waals surface area contributed by atoms with E-state index in [0.29, 0.717) is 17.3 Å². The second-order valence-electron chi connectivity index (χ2n) is 9.88. The molecule has 0 aliphatic carbocycles. The van der Waals surface area contributed by atoms with Gasteiger partial charge in [0.05, 0.1) is 17.1 Å². The molecule has 0 radical (unpaired) electrons. The van der Waals surface area contributed by atoms with Gasteiger partial charge in [0, 0.05) is 34.8 Å². The summed E-state index contributed by atoms with van der Waals surface area (Å²) in [5.41, 5.74) is 4.71. The predicted octanol–water partition coefficient (Wildman–Crippen LogP) is 7.25. The maximum atomic E-state index is 13.1. The Morgan fingerprint density at radius 3 is 2.46 bits per heavy atom. The van der Waals surface area contributed by atoms with Crippen LogP contribution >= 0.6 is 11.3 Å². The van der Waals surface area contributed by atoms with E-state index in [1.165, 1.54) is 23.5 Å². The first-order chi connectivity index (χ1) is 18.7. The van der Waals surface area contributed by atoms with E-state index in [9.17, 15) is 18.0 Å². The number of carbonyl (C=O) groups is 1. The molecule has 2 aromatic heterocycles. The number of anilines is 1. The van der Waals surface area contributed by atoms with Gasteiger partial charge in [0.25, 0.3) is 5.91 Å². The molecule has 1 saturated heterocycles. The molecule has 1 aliphatic rings. The number of aryl methyl sites for hydroxylation is 1. The number of piperidine rings is 1. The SMILES string of the molecule is Cc1cccc(CN2CCC(c3nc(C(=O)Nc4ccccc4-c4ccc(CC(F)(F)F)cc4)cs3)CC2)n1. The molecule has 1 aliphatic heterocycles. The normalized spacial score (nSPS) is 14.9. The standard InChI is InChI=1S/C30H29F3N4OS/c1-20-5-4-6-24(34-20)18-37-15-13-23(14-16-37)29-36-27(19-39-29)28(38)35-26-8-3-2-7-25(26)22-11-9-21(10-12-22)17-30(31,32)33/h2-12,19,23H,13-18H2,1H3,(H,35,38). The fourth-order valence-corrected chi connectivity index (χ4v) is 5.87. The van der Waals surface area contributed by atoms with Gasteiger partial charge in [-0.2, -0.15) is 13.2 Å². The van der Waals surface area contributed by atoms with Crippen molar-refractivity contribution in [3.05, 3.63) is 99.8 Å². The van der Waals surface area contributed by atoms with E-state index in [0.717, 1.165) is 60.0 Å². The summed E-state index contributed by atoms with van der Waals surface area (Å²) in [7, 11) is 0. The zero-order valence-electron chi connectivity index (χ0n) is 21.5. The molecular weight excluding hydrogens is 521 g/mol. The molecule has 0 bridgehead atoms. The number of likely N-dealkylation sites (tertiary alicyclic amines) is 1. The predicted molar refractivity (Wildman–Crippen MR) is 148 cm³/mol. The van der Waals surface area contributed by atoms with Crippen molar-refractivity contribution in [2.45, 2.75) is 44.8 Å². The smallest absolute Gasteiger partial charge is 0.320 e. The lowest BCUT2D eigenvalue weighted by molar-refractivity contribution is -0.127. The maximum Gasteiger partial charge on any atom is 0.393 e. The molecule has 5 rings (SSSR count). The number of nitrogens with zero attached hydrogens (tertiary/aromatic N) is 3. The number of carbonyl (C=O) groups excluding carboxylic acids is 1. The van der Waals surface area contributed by atoms with Gasteiger partial charge in [0.2, 0.25) is 0 Å². The van der Waals surface area contributed by atoms with Gasteiger partial charge in [-0.25, -0.2) is 4.98 Å². The molecule has 1 fully saturated rings. The molecule has 39 heavy (non-hydrogen) atoms. The number of pyridine rings is 1. The summed E-state index contributed by atoms with van der Waals surface area (Å²) in [6, 6.07) is 19.6. The number of thiazole rings is 1. The van der Waals surface area contributed by atoms with Crippen molar-refractivity contribution in [2.24, 2.45) is 0 Å². The third-order valence-corrected chi connectivity index (χ3v) is 7.88. The van der Waals surface area contributed by atoms with Crippen molar-refractivity contribution in [3.8, 4) is 11.1 Å². The van der Waals surface area contributed by atoms with Crippen LogP contribution in [-0.2, 0) is 13.0 Å². The monoisotopic (exact) mass is 550 g/mol. The highest BCUT2D eigenvalue weighted by Gasteiger charge is 2.27. The fraction of sp³-hybridized carbons (Fsp3) is 0.300. The lowest BCUT2D eigenvalue weighted by Gasteiger charge is -2.30. The number of halogens is 3. The van der Waals surface area contributed by atoms with Crippen molar-refractivity contribution < 1.29 is 18.0 Å². The van der Waals surface area contributed by atoms with E-state index in [1.54, 1.807) is 23.6 Å². The van der Waals surface area contributed by atoms with Crippen molar-refractivity contribution in [1.29, 1.82) is 0 Å². The maximum absolute atomic E-state index is 13.1. The summed E-state index contributed by atoms with van der Waals surface area (Å²) in [6.45, 7) is 4.75. The number of para-hydroxylation sites is 1. The van der Waals surface area contributed by atoms with E-state index < -0.39 is 12.6 Å². The number of amides is 1. The topological polar surface area (TPSA) is 58.1 Å². The molecule has 202 valence electrons. The molecule has 9 heteroatoms. The Hall–Kier alpha value is -3.56. The van der Waals surface area contributed by atoms with Gasteiger partial charge >= 0.3 is 6.18 Å². The van der Waals surface area contributed by atoms with Crippen LogP contribution in [0.5, 0.6) is 0 Å². The summed E-state index contributed by atoms with van der Waals surface area (Å²) in [4.78, 5) is 24.8. The summed E-state index contributed by atoms with van der Waals surface area (Å²) in [5, 5.41) is 5.71.